The molecule has 0 aliphatic heterocycles. The minimum Gasteiger partial charge on any atom is -0.396 e. The maximum absolute atomic E-state index is 8.92. The number of hydrogen-bond donors (Lipinski definition) is 2. The Morgan fingerprint density at radius 2 is 2.18 bits per heavy atom. The number of thioether (sulfide) groups is 1. The van der Waals surface area contributed by atoms with Gasteiger partial charge in [0.25, 0.3) is 0 Å². The zero-order chi connectivity index (χ0) is 12.1. The second-order valence-electron chi connectivity index (χ2n) is 4.63. The summed E-state index contributed by atoms with van der Waals surface area (Å²) >= 11 is 1.60. The molecule has 1 atom stereocenters. The molecule has 2 N–H and O–H groups in total. The summed E-state index contributed by atoms with van der Waals surface area (Å²) < 4.78 is 0. The third-order valence-corrected chi connectivity index (χ3v) is 3.87. The summed E-state index contributed by atoms with van der Waals surface area (Å²) in [6, 6.07) is 0.717. The van der Waals surface area contributed by atoms with Crippen molar-refractivity contribution in [1.29, 1.82) is 0 Å². The van der Waals surface area contributed by atoms with Crippen molar-refractivity contribution < 1.29 is 5.11 Å². The van der Waals surface area contributed by atoms with Gasteiger partial charge in [0.05, 0.1) is 0 Å². The zero-order valence-corrected chi connectivity index (χ0v) is 10.9. The molecule has 1 aliphatic carbocycles. The summed E-state index contributed by atoms with van der Waals surface area (Å²) in [4.78, 5) is 8.63. The number of aliphatic hydroxyl groups excluding tert-OH is 1. The average Bonchev–Trinajstić information content (AvgIpc) is 3.18. The maximum atomic E-state index is 8.92. The lowest BCUT2D eigenvalue weighted by molar-refractivity contribution is 0.250. The molecule has 4 nitrogen and oxygen atoms in total. The van der Waals surface area contributed by atoms with Crippen LogP contribution in [0.25, 0.3) is 0 Å². The van der Waals surface area contributed by atoms with Gasteiger partial charge in [-0.15, -0.1) is 0 Å². The first-order valence-electron chi connectivity index (χ1n) is 6.06. The molecule has 0 radical (unpaired) electrons. The van der Waals surface area contributed by atoms with Gasteiger partial charge < -0.3 is 10.4 Å². The summed E-state index contributed by atoms with van der Waals surface area (Å²) in [6.45, 7) is 3.10. The van der Waals surface area contributed by atoms with Gasteiger partial charge >= 0.3 is 0 Å². The van der Waals surface area contributed by atoms with Crippen LogP contribution in [0.3, 0.4) is 0 Å². The predicted octanol–water partition coefficient (Wildman–Crippen LogP) is 1.45. The second-order valence-corrected chi connectivity index (χ2v) is 5.61. The molecule has 1 unspecified atom stereocenters. The summed E-state index contributed by atoms with van der Waals surface area (Å²) in [5, 5.41) is 13.1. The molecule has 5 heteroatoms. The lowest BCUT2D eigenvalue weighted by atomic mass is 10.2. The summed E-state index contributed by atoms with van der Waals surface area (Å²) in [5.41, 5.74) is 1.14. The van der Waals surface area contributed by atoms with Crippen LogP contribution in [-0.2, 0) is 6.54 Å². The van der Waals surface area contributed by atoms with Gasteiger partial charge in [-0.05, 0) is 18.8 Å². The van der Waals surface area contributed by atoms with E-state index in [0.29, 0.717) is 5.92 Å². The molecule has 1 heterocycles. The molecule has 0 bridgehead atoms. The van der Waals surface area contributed by atoms with E-state index < -0.39 is 0 Å². The van der Waals surface area contributed by atoms with Crippen LogP contribution in [0.5, 0.6) is 0 Å². The van der Waals surface area contributed by atoms with Gasteiger partial charge in [-0.1, -0.05) is 18.7 Å². The number of nitrogens with one attached hydrogen (secondary N) is 1. The Balaban J connectivity index is 1.75. The standard InChI is InChI=1S/C12H19N3OS/c1-9(7-16)8-17-12-14-5-10(6-15-12)4-13-11-2-3-11/h5-6,9,11,13,16H,2-4,7-8H2,1H3. The van der Waals surface area contributed by atoms with Crippen LogP contribution in [-0.4, -0.2) is 33.5 Å². The molecule has 1 aromatic heterocycles. The highest BCUT2D eigenvalue weighted by molar-refractivity contribution is 7.99. The monoisotopic (exact) mass is 253 g/mol. The van der Waals surface area contributed by atoms with E-state index in [1.807, 2.05) is 19.3 Å². The van der Waals surface area contributed by atoms with Crippen molar-refractivity contribution in [3.8, 4) is 0 Å². The highest BCUT2D eigenvalue weighted by Gasteiger charge is 2.19. The second kappa shape index (κ2) is 6.33. The van der Waals surface area contributed by atoms with Crippen molar-refractivity contribution >= 4 is 11.8 Å². The molecule has 2 rings (SSSR count). The zero-order valence-electron chi connectivity index (χ0n) is 10.1. The first-order valence-corrected chi connectivity index (χ1v) is 7.04. The van der Waals surface area contributed by atoms with E-state index in [1.54, 1.807) is 11.8 Å². The van der Waals surface area contributed by atoms with Crippen LogP contribution in [0.4, 0.5) is 0 Å². The fraction of sp³-hybridized carbons (Fsp3) is 0.667. The summed E-state index contributed by atoms with van der Waals surface area (Å²) in [5.74, 6) is 1.15. The lowest BCUT2D eigenvalue weighted by Crippen LogP contribution is -2.15. The lowest BCUT2D eigenvalue weighted by Gasteiger charge is -2.06. The summed E-state index contributed by atoms with van der Waals surface area (Å²) in [7, 11) is 0. The molecule has 1 aromatic rings. The Morgan fingerprint density at radius 3 is 2.76 bits per heavy atom. The van der Waals surface area contributed by atoms with Crippen molar-refractivity contribution in [2.45, 2.75) is 37.5 Å². The summed E-state index contributed by atoms with van der Waals surface area (Å²) in [6.07, 6.45) is 6.37. The van der Waals surface area contributed by atoms with E-state index in [4.69, 9.17) is 5.11 Å². The van der Waals surface area contributed by atoms with Crippen molar-refractivity contribution in [1.82, 2.24) is 15.3 Å². The Bertz CT molecular complexity index is 340. The van der Waals surface area contributed by atoms with Crippen LogP contribution in [0.1, 0.15) is 25.3 Å². The van der Waals surface area contributed by atoms with E-state index in [9.17, 15) is 0 Å². The van der Waals surface area contributed by atoms with Crippen molar-refractivity contribution in [2.75, 3.05) is 12.4 Å². The van der Waals surface area contributed by atoms with Gasteiger partial charge in [0.1, 0.15) is 0 Å². The van der Waals surface area contributed by atoms with E-state index in [1.165, 1.54) is 12.8 Å². The minimum absolute atomic E-state index is 0.219. The normalized spacial score (nSPS) is 17.1. The average molecular weight is 253 g/mol. The molecule has 94 valence electrons. The van der Waals surface area contributed by atoms with Gasteiger partial charge in [-0.3, -0.25) is 0 Å². The minimum atomic E-state index is 0.219. The van der Waals surface area contributed by atoms with E-state index in [2.05, 4.69) is 15.3 Å². The number of hydrogen-bond acceptors (Lipinski definition) is 5. The van der Waals surface area contributed by atoms with E-state index in [0.717, 1.165) is 29.1 Å². The molecule has 0 saturated heterocycles. The Labute approximate surface area is 106 Å². The number of aliphatic hydroxyl groups is 1. The SMILES string of the molecule is CC(CO)CSc1ncc(CNC2CC2)cn1. The first-order chi connectivity index (χ1) is 8.28. The van der Waals surface area contributed by atoms with Crippen LogP contribution >= 0.6 is 11.8 Å². The first kappa shape index (κ1) is 12.8. The van der Waals surface area contributed by atoms with Crippen LogP contribution in [0, 0.1) is 5.92 Å². The van der Waals surface area contributed by atoms with Gasteiger partial charge in [-0.2, -0.15) is 0 Å². The molecular formula is C12H19N3OS. The molecule has 17 heavy (non-hydrogen) atoms. The van der Waals surface area contributed by atoms with E-state index in [-0.39, 0.29) is 6.61 Å². The van der Waals surface area contributed by atoms with Crippen LogP contribution in [0.2, 0.25) is 0 Å². The Kier molecular flexibility index (Phi) is 4.76. The highest BCUT2D eigenvalue weighted by atomic mass is 32.2. The van der Waals surface area contributed by atoms with Crippen molar-refractivity contribution in [3.05, 3.63) is 18.0 Å². The van der Waals surface area contributed by atoms with Gasteiger partial charge in [0, 0.05) is 42.9 Å². The van der Waals surface area contributed by atoms with E-state index >= 15 is 0 Å². The van der Waals surface area contributed by atoms with Crippen LogP contribution in [0.15, 0.2) is 17.6 Å². The molecule has 1 saturated carbocycles. The molecule has 0 amide bonds. The number of rotatable bonds is 7. The molecular weight excluding hydrogens is 234 g/mol. The quantitative estimate of drug-likeness (QED) is 0.569. The largest absolute Gasteiger partial charge is 0.396 e. The molecule has 0 aromatic carbocycles. The Morgan fingerprint density at radius 1 is 1.47 bits per heavy atom. The Hall–Kier alpha value is -0.650. The fourth-order valence-corrected chi connectivity index (χ4v) is 2.12. The third-order valence-electron chi connectivity index (χ3n) is 2.66. The smallest absolute Gasteiger partial charge is 0.187 e. The predicted molar refractivity (Wildman–Crippen MR) is 68.9 cm³/mol. The fourth-order valence-electron chi connectivity index (χ4n) is 1.33. The third kappa shape index (κ3) is 4.61. The van der Waals surface area contributed by atoms with Gasteiger partial charge in [0.2, 0.25) is 0 Å². The molecule has 1 aliphatic rings. The van der Waals surface area contributed by atoms with Crippen molar-refractivity contribution in [3.63, 3.8) is 0 Å². The van der Waals surface area contributed by atoms with Gasteiger partial charge in [0.15, 0.2) is 5.16 Å². The van der Waals surface area contributed by atoms with Gasteiger partial charge in [-0.25, -0.2) is 9.97 Å². The number of aromatic nitrogens is 2. The maximum Gasteiger partial charge on any atom is 0.187 e. The van der Waals surface area contributed by atoms with Crippen LogP contribution < -0.4 is 5.32 Å². The molecule has 0 spiro atoms. The highest BCUT2D eigenvalue weighted by Crippen LogP contribution is 2.19. The molecule has 1 fully saturated rings. The topological polar surface area (TPSA) is 58.0 Å². The van der Waals surface area contributed by atoms with Crippen molar-refractivity contribution in [2.24, 2.45) is 5.92 Å². The number of nitrogens with zero attached hydrogens (tertiary/aromatic N) is 2.